The summed E-state index contributed by atoms with van der Waals surface area (Å²) in [6, 6.07) is 0. The number of carbonyl (C=O) groups is 2. The molecule has 0 radical (unpaired) electrons. The third-order valence-electron chi connectivity index (χ3n) is 5.90. The van der Waals surface area contributed by atoms with Gasteiger partial charge in [0.1, 0.15) is 0 Å². The van der Waals surface area contributed by atoms with E-state index in [0.29, 0.717) is 19.1 Å². The molecule has 4 heteroatoms. The molecule has 0 N–H and O–H groups in total. The zero-order chi connectivity index (χ0) is 18.1. The first-order valence-electron chi connectivity index (χ1n) is 10.5. The maximum atomic E-state index is 12.4. The smallest absolute Gasteiger partial charge is 0.309 e. The van der Waals surface area contributed by atoms with E-state index in [1.54, 1.807) is 0 Å². The zero-order valence-electron chi connectivity index (χ0n) is 16.1. The highest BCUT2D eigenvalue weighted by Crippen LogP contribution is 2.52. The number of esters is 2. The fourth-order valence-electron chi connectivity index (χ4n) is 4.51. The van der Waals surface area contributed by atoms with E-state index in [-0.39, 0.29) is 29.7 Å². The van der Waals surface area contributed by atoms with Crippen LogP contribution in [0.5, 0.6) is 0 Å². The first kappa shape index (κ1) is 20.3. The number of hydrogen-bond donors (Lipinski definition) is 0. The lowest BCUT2D eigenvalue weighted by atomic mass is 9.80. The molecule has 0 spiro atoms. The summed E-state index contributed by atoms with van der Waals surface area (Å²) in [7, 11) is 0. The zero-order valence-corrected chi connectivity index (χ0v) is 16.1. The maximum Gasteiger partial charge on any atom is 0.309 e. The van der Waals surface area contributed by atoms with E-state index in [1.165, 1.54) is 25.7 Å². The molecule has 0 aromatic carbocycles. The van der Waals surface area contributed by atoms with Crippen molar-refractivity contribution in [3.05, 3.63) is 0 Å². The normalized spacial score (nSPS) is 27.4. The Morgan fingerprint density at radius 2 is 1.20 bits per heavy atom. The van der Waals surface area contributed by atoms with Crippen LogP contribution in [0.3, 0.4) is 0 Å². The van der Waals surface area contributed by atoms with Crippen LogP contribution in [0.4, 0.5) is 0 Å². The summed E-state index contributed by atoms with van der Waals surface area (Å²) < 4.78 is 11.0. The highest BCUT2D eigenvalue weighted by Gasteiger charge is 2.52. The lowest BCUT2D eigenvalue weighted by Gasteiger charge is -2.26. The van der Waals surface area contributed by atoms with Gasteiger partial charge >= 0.3 is 11.9 Å². The van der Waals surface area contributed by atoms with Crippen molar-refractivity contribution in [1.82, 2.24) is 0 Å². The van der Waals surface area contributed by atoms with Crippen LogP contribution in [-0.4, -0.2) is 25.2 Å². The van der Waals surface area contributed by atoms with Crippen LogP contribution in [0.15, 0.2) is 0 Å². The predicted octanol–water partition coefficient (Wildman–Crippen LogP) is 4.90. The third-order valence-corrected chi connectivity index (χ3v) is 5.90. The molecule has 0 saturated heterocycles. The third kappa shape index (κ3) is 6.00. The Hall–Kier alpha value is -1.06. The molecular weight excluding hydrogens is 316 g/mol. The number of ether oxygens (including phenoxy) is 2. The van der Waals surface area contributed by atoms with Gasteiger partial charge in [-0.3, -0.25) is 9.59 Å². The van der Waals surface area contributed by atoms with Crippen LogP contribution in [0, 0.1) is 23.7 Å². The molecule has 0 aromatic heterocycles. The SMILES string of the molecule is CCCCCCOC(=O)C1CC2CC(C(=O)OCCCCCC)C1C2. The Labute approximate surface area is 153 Å². The molecule has 2 bridgehead atoms. The Balaban J connectivity index is 1.71. The van der Waals surface area contributed by atoms with E-state index in [4.69, 9.17) is 9.47 Å². The maximum absolute atomic E-state index is 12.4. The molecule has 0 heterocycles. The van der Waals surface area contributed by atoms with Crippen LogP contribution in [0.1, 0.15) is 84.5 Å². The molecule has 2 saturated carbocycles. The number of rotatable bonds is 12. The van der Waals surface area contributed by atoms with Gasteiger partial charge in [-0.15, -0.1) is 0 Å². The Morgan fingerprint density at radius 3 is 1.60 bits per heavy atom. The quantitative estimate of drug-likeness (QED) is 0.370. The Kier molecular flexibility index (Phi) is 8.77. The van der Waals surface area contributed by atoms with Gasteiger partial charge in [0.2, 0.25) is 0 Å². The second-order valence-corrected chi connectivity index (χ2v) is 7.91. The van der Waals surface area contributed by atoms with Gasteiger partial charge in [0.05, 0.1) is 25.0 Å². The summed E-state index contributed by atoms with van der Waals surface area (Å²) in [5.41, 5.74) is 0. The summed E-state index contributed by atoms with van der Waals surface area (Å²) in [6.45, 7) is 5.40. The van der Waals surface area contributed by atoms with Crippen LogP contribution in [0.2, 0.25) is 0 Å². The van der Waals surface area contributed by atoms with Crippen LogP contribution in [0.25, 0.3) is 0 Å². The molecule has 0 amide bonds. The fraction of sp³-hybridized carbons (Fsp3) is 0.905. The van der Waals surface area contributed by atoms with Crippen molar-refractivity contribution in [2.24, 2.45) is 23.7 Å². The molecule has 2 aliphatic rings. The lowest BCUT2D eigenvalue weighted by Crippen LogP contribution is -2.33. The standard InChI is InChI=1S/C21H36O4/c1-3-5-7-9-11-24-20(22)18-14-16-13-17(18)19(15-16)21(23)25-12-10-8-6-4-2/h16-19H,3-15H2,1-2H3. The average molecular weight is 353 g/mol. The summed E-state index contributed by atoms with van der Waals surface area (Å²) >= 11 is 0. The molecule has 0 aromatic rings. The topological polar surface area (TPSA) is 52.6 Å². The largest absolute Gasteiger partial charge is 0.465 e. The van der Waals surface area contributed by atoms with E-state index >= 15 is 0 Å². The van der Waals surface area contributed by atoms with Gasteiger partial charge in [-0.05, 0) is 43.9 Å². The first-order valence-corrected chi connectivity index (χ1v) is 10.5. The van der Waals surface area contributed by atoms with Gasteiger partial charge in [0, 0.05) is 0 Å². The van der Waals surface area contributed by atoms with Crippen molar-refractivity contribution in [3.8, 4) is 0 Å². The number of unbranched alkanes of at least 4 members (excludes halogenated alkanes) is 6. The minimum Gasteiger partial charge on any atom is -0.465 e. The van der Waals surface area contributed by atoms with Gasteiger partial charge in [0.25, 0.3) is 0 Å². The number of carbonyl (C=O) groups excluding carboxylic acids is 2. The van der Waals surface area contributed by atoms with E-state index in [9.17, 15) is 9.59 Å². The Morgan fingerprint density at radius 1 is 0.720 bits per heavy atom. The van der Waals surface area contributed by atoms with E-state index in [1.807, 2.05) is 0 Å². The lowest BCUT2D eigenvalue weighted by molar-refractivity contribution is -0.156. The molecule has 25 heavy (non-hydrogen) atoms. The van der Waals surface area contributed by atoms with Gasteiger partial charge in [-0.25, -0.2) is 0 Å². The second-order valence-electron chi connectivity index (χ2n) is 7.91. The second kappa shape index (κ2) is 10.8. The molecule has 2 aliphatic carbocycles. The minimum atomic E-state index is -0.0810. The molecule has 2 unspecified atom stereocenters. The van der Waals surface area contributed by atoms with Crippen molar-refractivity contribution in [3.63, 3.8) is 0 Å². The average Bonchev–Trinajstić information content (AvgIpc) is 3.22. The van der Waals surface area contributed by atoms with Gasteiger partial charge in [-0.1, -0.05) is 52.4 Å². The molecule has 2 atom stereocenters. The molecule has 2 fully saturated rings. The summed E-state index contributed by atoms with van der Waals surface area (Å²) in [5, 5.41) is 0. The molecule has 0 aliphatic heterocycles. The van der Waals surface area contributed by atoms with E-state index < -0.39 is 0 Å². The summed E-state index contributed by atoms with van der Waals surface area (Å²) in [6.07, 6.45) is 11.7. The van der Waals surface area contributed by atoms with E-state index in [2.05, 4.69) is 13.8 Å². The van der Waals surface area contributed by atoms with Crippen molar-refractivity contribution < 1.29 is 19.1 Å². The monoisotopic (exact) mass is 352 g/mol. The van der Waals surface area contributed by atoms with Crippen LogP contribution in [-0.2, 0) is 19.1 Å². The van der Waals surface area contributed by atoms with E-state index in [0.717, 1.165) is 44.9 Å². The summed E-state index contributed by atoms with van der Waals surface area (Å²) in [5.74, 6) is 0.329. The highest BCUT2D eigenvalue weighted by atomic mass is 16.5. The van der Waals surface area contributed by atoms with Gasteiger partial charge in [0.15, 0.2) is 0 Å². The molecule has 4 nitrogen and oxygen atoms in total. The number of fused-ring (bicyclic) bond motifs is 2. The van der Waals surface area contributed by atoms with Gasteiger partial charge in [-0.2, -0.15) is 0 Å². The van der Waals surface area contributed by atoms with Crippen molar-refractivity contribution >= 4 is 11.9 Å². The summed E-state index contributed by atoms with van der Waals surface area (Å²) in [4.78, 5) is 24.8. The Bertz CT molecular complexity index is 384. The molecule has 2 rings (SSSR count). The van der Waals surface area contributed by atoms with Gasteiger partial charge < -0.3 is 9.47 Å². The molecule has 144 valence electrons. The first-order chi connectivity index (χ1) is 12.2. The highest BCUT2D eigenvalue weighted by molar-refractivity contribution is 5.78. The molecular formula is C21H36O4. The van der Waals surface area contributed by atoms with Crippen LogP contribution < -0.4 is 0 Å². The fourth-order valence-corrected chi connectivity index (χ4v) is 4.51. The predicted molar refractivity (Wildman–Crippen MR) is 98.0 cm³/mol. The van der Waals surface area contributed by atoms with Crippen molar-refractivity contribution in [1.29, 1.82) is 0 Å². The van der Waals surface area contributed by atoms with Crippen molar-refractivity contribution in [2.75, 3.05) is 13.2 Å². The minimum absolute atomic E-state index is 0.0792. The number of hydrogen-bond acceptors (Lipinski definition) is 4. The van der Waals surface area contributed by atoms with Crippen LogP contribution >= 0.6 is 0 Å². The van der Waals surface area contributed by atoms with Crippen molar-refractivity contribution in [2.45, 2.75) is 84.5 Å².